The minimum Gasteiger partial charge on any atom is -0.459 e. The lowest BCUT2D eigenvalue weighted by Crippen LogP contribution is -2.15. The average molecular weight is 494 g/mol. The summed E-state index contributed by atoms with van der Waals surface area (Å²) in [5.41, 5.74) is 1.65. The third-order valence-electron chi connectivity index (χ3n) is 4.96. The fourth-order valence-electron chi connectivity index (χ4n) is 3.17. The fraction of sp³-hybridized carbons (Fsp3) is 0.0400. The summed E-state index contributed by atoms with van der Waals surface area (Å²) >= 11 is 0. The van der Waals surface area contributed by atoms with Crippen molar-refractivity contribution in [1.82, 2.24) is 0 Å². The number of amides is 2. The Kier molecular flexibility index (Phi) is 6.65. The van der Waals surface area contributed by atoms with Crippen LogP contribution in [0.4, 0.5) is 21.5 Å². The van der Waals surface area contributed by atoms with Crippen molar-refractivity contribution in [1.29, 1.82) is 0 Å². The predicted molar refractivity (Wildman–Crippen MR) is 129 cm³/mol. The van der Waals surface area contributed by atoms with Crippen LogP contribution in [-0.2, 0) is 10.0 Å². The third-order valence-corrected chi connectivity index (χ3v) is 6.34. The molecule has 0 unspecified atom stereocenters. The van der Waals surface area contributed by atoms with E-state index in [4.69, 9.17) is 4.42 Å². The van der Waals surface area contributed by atoms with Crippen molar-refractivity contribution >= 4 is 38.9 Å². The molecule has 0 spiro atoms. The van der Waals surface area contributed by atoms with Crippen LogP contribution in [0.15, 0.2) is 94.4 Å². The Morgan fingerprint density at radius 1 is 0.800 bits per heavy atom. The second kappa shape index (κ2) is 9.82. The first-order chi connectivity index (χ1) is 16.7. The highest BCUT2D eigenvalue weighted by Gasteiger charge is 2.16. The van der Waals surface area contributed by atoms with Gasteiger partial charge in [-0.05, 0) is 85.3 Å². The van der Waals surface area contributed by atoms with Gasteiger partial charge >= 0.3 is 0 Å². The number of furan rings is 1. The SMILES string of the molecule is Cc1cc(S(=O)(=O)Nc2ccc(C(=O)Nc3cccc(NC(=O)c4ccco4)c3)cc2)ccc1F. The molecule has 1 heterocycles. The van der Waals surface area contributed by atoms with Gasteiger partial charge in [-0.15, -0.1) is 0 Å². The average Bonchev–Trinajstić information content (AvgIpc) is 3.36. The Bertz CT molecular complexity index is 1480. The van der Waals surface area contributed by atoms with Gasteiger partial charge in [0.05, 0.1) is 11.2 Å². The molecule has 0 atom stereocenters. The first-order valence-electron chi connectivity index (χ1n) is 10.4. The highest BCUT2D eigenvalue weighted by molar-refractivity contribution is 7.92. The van der Waals surface area contributed by atoms with E-state index >= 15 is 0 Å². The predicted octanol–water partition coefficient (Wildman–Crippen LogP) is 5.03. The molecule has 178 valence electrons. The van der Waals surface area contributed by atoms with Crippen LogP contribution in [0.2, 0.25) is 0 Å². The zero-order chi connectivity index (χ0) is 25.0. The van der Waals surface area contributed by atoms with E-state index in [0.717, 1.165) is 6.07 Å². The molecule has 0 aliphatic heterocycles. The van der Waals surface area contributed by atoms with E-state index in [1.54, 1.807) is 30.3 Å². The molecule has 0 radical (unpaired) electrons. The van der Waals surface area contributed by atoms with Gasteiger partial charge < -0.3 is 15.1 Å². The van der Waals surface area contributed by atoms with Gasteiger partial charge in [-0.2, -0.15) is 0 Å². The summed E-state index contributed by atoms with van der Waals surface area (Å²) in [6.07, 6.45) is 1.39. The molecule has 0 saturated carbocycles. The molecule has 2 amide bonds. The number of anilines is 3. The van der Waals surface area contributed by atoms with E-state index in [0.29, 0.717) is 11.4 Å². The fourth-order valence-corrected chi connectivity index (χ4v) is 4.31. The lowest BCUT2D eigenvalue weighted by atomic mass is 10.2. The van der Waals surface area contributed by atoms with Crippen molar-refractivity contribution in [2.45, 2.75) is 11.8 Å². The molecule has 4 rings (SSSR count). The smallest absolute Gasteiger partial charge is 0.291 e. The molecule has 8 nitrogen and oxygen atoms in total. The number of nitrogens with one attached hydrogen (secondary N) is 3. The maximum absolute atomic E-state index is 13.5. The van der Waals surface area contributed by atoms with Crippen LogP contribution in [0.3, 0.4) is 0 Å². The largest absolute Gasteiger partial charge is 0.459 e. The number of rotatable bonds is 7. The first kappa shape index (κ1) is 23.7. The van der Waals surface area contributed by atoms with Crippen LogP contribution in [0, 0.1) is 12.7 Å². The second-order valence-electron chi connectivity index (χ2n) is 7.56. The summed E-state index contributed by atoms with van der Waals surface area (Å²) in [4.78, 5) is 24.7. The zero-order valence-corrected chi connectivity index (χ0v) is 19.2. The van der Waals surface area contributed by atoms with Crippen LogP contribution in [0.5, 0.6) is 0 Å². The van der Waals surface area contributed by atoms with Crippen LogP contribution < -0.4 is 15.4 Å². The summed E-state index contributed by atoms with van der Waals surface area (Å²) in [5, 5.41) is 5.40. The lowest BCUT2D eigenvalue weighted by Gasteiger charge is -2.11. The number of carbonyl (C=O) groups excluding carboxylic acids is 2. The molecule has 0 fully saturated rings. The number of halogens is 1. The molecule has 4 aromatic rings. The summed E-state index contributed by atoms with van der Waals surface area (Å²) in [5.74, 6) is -1.19. The van der Waals surface area contributed by atoms with E-state index in [2.05, 4.69) is 15.4 Å². The molecular formula is C25H20FN3O5S. The summed E-state index contributed by atoms with van der Waals surface area (Å²) in [7, 11) is -3.92. The number of aryl methyl sites for hydroxylation is 1. The molecular weight excluding hydrogens is 473 g/mol. The zero-order valence-electron chi connectivity index (χ0n) is 18.4. The minimum atomic E-state index is -3.92. The van der Waals surface area contributed by atoms with Gasteiger partial charge in [-0.1, -0.05) is 6.07 Å². The van der Waals surface area contributed by atoms with Crippen molar-refractivity contribution in [3.05, 3.63) is 108 Å². The molecule has 1 aromatic heterocycles. The summed E-state index contributed by atoms with van der Waals surface area (Å²) in [6.45, 7) is 1.48. The maximum atomic E-state index is 13.5. The Labute approximate surface area is 200 Å². The Morgan fingerprint density at radius 3 is 2.11 bits per heavy atom. The van der Waals surface area contributed by atoms with Crippen molar-refractivity contribution in [2.75, 3.05) is 15.4 Å². The van der Waals surface area contributed by atoms with Gasteiger partial charge in [0.1, 0.15) is 5.82 Å². The van der Waals surface area contributed by atoms with Crippen molar-refractivity contribution < 1.29 is 26.8 Å². The highest BCUT2D eigenvalue weighted by atomic mass is 32.2. The number of sulfonamides is 1. The molecule has 0 aliphatic rings. The standard InChI is InChI=1S/C25H20FN3O5S/c1-16-14-21(11-12-22(16)26)35(32,33)29-18-9-7-17(8-10-18)24(30)27-19-4-2-5-20(15-19)28-25(31)23-6-3-13-34-23/h2-15,29H,1H3,(H,27,30)(H,28,31). The topological polar surface area (TPSA) is 118 Å². The second-order valence-corrected chi connectivity index (χ2v) is 9.24. The van der Waals surface area contributed by atoms with Gasteiger partial charge in [-0.3, -0.25) is 14.3 Å². The van der Waals surface area contributed by atoms with Gasteiger partial charge in [0.25, 0.3) is 21.8 Å². The summed E-state index contributed by atoms with van der Waals surface area (Å²) in [6, 6.07) is 19.1. The van der Waals surface area contributed by atoms with Gasteiger partial charge in [-0.25, -0.2) is 12.8 Å². The van der Waals surface area contributed by atoms with Gasteiger partial charge in [0.15, 0.2) is 5.76 Å². The lowest BCUT2D eigenvalue weighted by molar-refractivity contribution is 0.0995. The van der Waals surface area contributed by atoms with Crippen molar-refractivity contribution in [3.8, 4) is 0 Å². The van der Waals surface area contributed by atoms with Crippen LogP contribution in [0.25, 0.3) is 0 Å². The molecule has 0 saturated heterocycles. The van der Waals surface area contributed by atoms with Crippen LogP contribution in [0.1, 0.15) is 26.5 Å². The van der Waals surface area contributed by atoms with Crippen molar-refractivity contribution in [3.63, 3.8) is 0 Å². The first-order valence-corrected chi connectivity index (χ1v) is 11.8. The molecule has 10 heteroatoms. The molecule has 3 N–H and O–H groups in total. The molecule has 0 bridgehead atoms. The monoisotopic (exact) mass is 493 g/mol. The third kappa shape index (κ3) is 5.74. The van der Waals surface area contributed by atoms with Crippen molar-refractivity contribution in [2.24, 2.45) is 0 Å². The van der Waals surface area contributed by atoms with Crippen LogP contribution in [-0.4, -0.2) is 20.2 Å². The summed E-state index contributed by atoms with van der Waals surface area (Å²) < 4.78 is 46.0. The Balaban J connectivity index is 1.41. The van der Waals surface area contributed by atoms with Crippen LogP contribution >= 0.6 is 0 Å². The minimum absolute atomic E-state index is 0.0720. The maximum Gasteiger partial charge on any atom is 0.291 e. The normalized spacial score (nSPS) is 11.0. The Hall–Kier alpha value is -4.44. The van der Waals surface area contributed by atoms with Gasteiger partial charge in [0.2, 0.25) is 0 Å². The van der Waals surface area contributed by atoms with E-state index in [-0.39, 0.29) is 27.5 Å². The Morgan fingerprint density at radius 2 is 1.49 bits per heavy atom. The molecule has 35 heavy (non-hydrogen) atoms. The van der Waals surface area contributed by atoms with Gasteiger partial charge in [0, 0.05) is 22.6 Å². The number of benzene rings is 3. The number of hydrogen-bond acceptors (Lipinski definition) is 5. The molecule has 3 aromatic carbocycles. The quantitative estimate of drug-likeness (QED) is 0.334. The number of hydrogen-bond donors (Lipinski definition) is 3. The number of carbonyl (C=O) groups is 2. The van der Waals surface area contributed by atoms with E-state index in [1.165, 1.54) is 55.7 Å². The van der Waals surface area contributed by atoms with E-state index in [9.17, 15) is 22.4 Å². The highest BCUT2D eigenvalue weighted by Crippen LogP contribution is 2.21. The molecule has 0 aliphatic carbocycles. The van der Waals surface area contributed by atoms with E-state index < -0.39 is 27.7 Å². The van der Waals surface area contributed by atoms with E-state index in [1.807, 2.05) is 0 Å².